The lowest BCUT2D eigenvalue weighted by Gasteiger charge is -2.23. The molecule has 0 aliphatic carbocycles. The van der Waals surface area contributed by atoms with Crippen LogP contribution in [0.2, 0.25) is 0 Å². The topological polar surface area (TPSA) is 88.7 Å². The Kier molecular flexibility index (Phi) is 25.5. The minimum Gasteiger partial charge on any atom is -0.325 e. The monoisotopic (exact) mass is 707 g/mol. The molecule has 0 aliphatic heterocycles. The number of nitrogens with zero attached hydrogens (tertiary/aromatic N) is 2. The van der Waals surface area contributed by atoms with Gasteiger partial charge >= 0.3 is 12.1 Å². The summed E-state index contributed by atoms with van der Waals surface area (Å²) in [5, 5.41) is 12.1. The second-order valence-corrected chi connectivity index (χ2v) is 14.3. The van der Waals surface area contributed by atoms with Crippen LogP contribution in [0.3, 0.4) is 0 Å². The van der Waals surface area contributed by atoms with Crippen LogP contribution in [0.15, 0.2) is 48.5 Å². The fourth-order valence-electron chi connectivity index (χ4n) is 6.31. The van der Waals surface area contributed by atoms with E-state index >= 15 is 0 Å². The normalized spacial score (nSPS) is 11.3. The minimum atomic E-state index is -0.165. The van der Waals surface area contributed by atoms with Gasteiger partial charge in [0.1, 0.15) is 0 Å². The molecule has 51 heavy (non-hydrogen) atoms. The van der Waals surface area contributed by atoms with Gasteiger partial charge in [0.25, 0.3) is 0 Å². The molecule has 0 unspecified atom stereocenters. The zero-order chi connectivity index (χ0) is 36.8. The number of carbonyl (C=O) groups is 2. The summed E-state index contributed by atoms with van der Waals surface area (Å²) in [6.45, 7) is 14.3. The number of rotatable bonds is 30. The molecule has 0 radical (unpaired) electrons. The van der Waals surface area contributed by atoms with Gasteiger partial charge in [0, 0.05) is 11.4 Å². The van der Waals surface area contributed by atoms with E-state index in [1.807, 2.05) is 24.3 Å². The van der Waals surface area contributed by atoms with E-state index in [1.54, 1.807) is 0 Å². The van der Waals surface area contributed by atoms with Gasteiger partial charge in [-0.05, 0) is 93.7 Å². The molecule has 2 aromatic carbocycles. The Morgan fingerprint density at radius 2 is 0.725 bits per heavy atom. The van der Waals surface area contributed by atoms with Gasteiger partial charge in [-0.15, -0.1) is 0 Å². The third-order valence-electron chi connectivity index (χ3n) is 9.57. The van der Waals surface area contributed by atoms with Crippen LogP contribution in [-0.2, 0) is 6.42 Å². The Hall–Kier alpha value is -3.10. The first-order valence-electron chi connectivity index (χ1n) is 20.7. The van der Waals surface area contributed by atoms with Crippen molar-refractivity contribution in [2.75, 3.05) is 50.1 Å². The molecule has 0 saturated heterocycles. The lowest BCUT2D eigenvalue weighted by molar-refractivity contribution is 0.223. The SMILES string of the molecule is CCCCCCCN(CCCCCC)CNC(=O)Nc1ccc(Cc2ccc(NC(=O)NCN(CCCCCC)CCCCCCC)cc2)cc1. The minimum absolute atomic E-state index is 0.165. The highest BCUT2D eigenvalue weighted by Gasteiger charge is 2.10. The van der Waals surface area contributed by atoms with Gasteiger partial charge in [-0.3, -0.25) is 9.80 Å². The molecule has 8 heteroatoms. The Balaban J connectivity index is 1.77. The molecular weight excluding hydrogens is 633 g/mol. The highest BCUT2D eigenvalue weighted by molar-refractivity contribution is 5.89. The number of benzene rings is 2. The summed E-state index contributed by atoms with van der Waals surface area (Å²) >= 11 is 0. The van der Waals surface area contributed by atoms with Crippen molar-refractivity contribution >= 4 is 23.4 Å². The van der Waals surface area contributed by atoms with Crippen LogP contribution in [-0.4, -0.2) is 61.4 Å². The molecule has 0 fully saturated rings. The van der Waals surface area contributed by atoms with Crippen LogP contribution in [0, 0.1) is 0 Å². The number of carbonyl (C=O) groups excluding carboxylic acids is 2. The zero-order valence-corrected chi connectivity index (χ0v) is 33.0. The second kappa shape index (κ2) is 29.5. The number of nitrogens with one attached hydrogen (secondary N) is 4. The first-order valence-corrected chi connectivity index (χ1v) is 20.7. The summed E-state index contributed by atoms with van der Waals surface area (Å²) in [6.07, 6.45) is 23.2. The first kappa shape index (κ1) is 44.1. The van der Waals surface area contributed by atoms with Crippen molar-refractivity contribution < 1.29 is 9.59 Å². The van der Waals surface area contributed by atoms with Crippen molar-refractivity contribution in [1.82, 2.24) is 20.4 Å². The molecule has 4 amide bonds. The van der Waals surface area contributed by atoms with Crippen molar-refractivity contribution in [1.29, 1.82) is 0 Å². The van der Waals surface area contributed by atoms with E-state index < -0.39 is 0 Å². The first-order chi connectivity index (χ1) is 25.0. The molecular formula is C43H74N6O2. The van der Waals surface area contributed by atoms with E-state index in [2.05, 4.69) is 83.0 Å². The summed E-state index contributed by atoms with van der Waals surface area (Å²) in [5.74, 6) is 0. The Morgan fingerprint density at radius 3 is 1.04 bits per heavy atom. The van der Waals surface area contributed by atoms with Crippen LogP contribution < -0.4 is 21.3 Å². The fourth-order valence-corrected chi connectivity index (χ4v) is 6.31. The predicted molar refractivity (Wildman–Crippen MR) is 219 cm³/mol. The van der Waals surface area contributed by atoms with E-state index in [0.29, 0.717) is 13.3 Å². The van der Waals surface area contributed by atoms with Crippen LogP contribution in [0.4, 0.5) is 21.0 Å². The third-order valence-corrected chi connectivity index (χ3v) is 9.57. The lowest BCUT2D eigenvalue weighted by atomic mass is 10.0. The number of hydrogen-bond donors (Lipinski definition) is 4. The van der Waals surface area contributed by atoms with Gasteiger partial charge in [-0.1, -0.05) is 142 Å². The smallest absolute Gasteiger partial charge is 0.320 e. The zero-order valence-electron chi connectivity index (χ0n) is 33.0. The van der Waals surface area contributed by atoms with Gasteiger partial charge in [0.2, 0.25) is 0 Å². The van der Waals surface area contributed by atoms with E-state index in [0.717, 1.165) is 55.1 Å². The van der Waals surface area contributed by atoms with Crippen molar-refractivity contribution in [2.24, 2.45) is 0 Å². The average Bonchev–Trinajstić information content (AvgIpc) is 3.13. The maximum Gasteiger partial charge on any atom is 0.320 e. The maximum absolute atomic E-state index is 12.7. The van der Waals surface area contributed by atoms with Gasteiger partial charge < -0.3 is 21.3 Å². The van der Waals surface area contributed by atoms with Crippen LogP contribution in [0.5, 0.6) is 0 Å². The molecule has 4 N–H and O–H groups in total. The Bertz CT molecular complexity index is 1050. The van der Waals surface area contributed by atoms with Crippen molar-refractivity contribution in [3.8, 4) is 0 Å². The molecule has 0 atom stereocenters. The van der Waals surface area contributed by atoms with Crippen molar-refractivity contribution in [2.45, 2.75) is 150 Å². The second-order valence-electron chi connectivity index (χ2n) is 14.3. The highest BCUT2D eigenvalue weighted by Crippen LogP contribution is 2.16. The molecule has 2 rings (SSSR count). The van der Waals surface area contributed by atoms with Crippen molar-refractivity contribution in [3.63, 3.8) is 0 Å². The van der Waals surface area contributed by atoms with Gasteiger partial charge in [-0.2, -0.15) is 0 Å². The quantitative estimate of drug-likeness (QED) is 0.0481. The number of anilines is 2. The lowest BCUT2D eigenvalue weighted by Crippen LogP contribution is -2.40. The molecule has 288 valence electrons. The Morgan fingerprint density at radius 1 is 0.431 bits per heavy atom. The van der Waals surface area contributed by atoms with Crippen LogP contribution in [0.1, 0.15) is 154 Å². The largest absolute Gasteiger partial charge is 0.325 e. The Labute approximate surface area is 312 Å². The molecule has 2 aromatic rings. The number of unbranched alkanes of at least 4 members (excludes halogenated alkanes) is 14. The predicted octanol–water partition coefficient (Wildman–Crippen LogP) is 11.1. The molecule has 0 spiro atoms. The molecule has 0 saturated carbocycles. The fraction of sp³-hybridized carbons (Fsp3) is 0.674. The van der Waals surface area contributed by atoms with E-state index in [9.17, 15) is 9.59 Å². The standard InChI is InChI=1S/C43H74N6O2/c1-5-9-13-17-21-33-48(31-19-15-11-7-3)36-44-42(50)46-40-27-23-38(24-28-40)35-39-25-29-41(30-26-39)47-43(51)45-37-49(32-20-16-12-8-4)34-22-18-14-10-6-2/h23-30H,5-22,31-37H2,1-4H3,(H2,44,46,50)(H2,45,47,51). The third kappa shape index (κ3) is 22.4. The molecule has 0 aromatic heterocycles. The summed E-state index contributed by atoms with van der Waals surface area (Å²) < 4.78 is 0. The van der Waals surface area contributed by atoms with Crippen molar-refractivity contribution in [3.05, 3.63) is 59.7 Å². The van der Waals surface area contributed by atoms with Gasteiger partial charge in [-0.25, -0.2) is 9.59 Å². The summed E-state index contributed by atoms with van der Waals surface area (Å²) in [5.41, 5.74) is 3.89. The number of hydrogen-bond acceptors (Lipinski definition) is 4. The summed E-state index contributed by atoms with van der Waals surface area (Å²) in [6, 6.07) is 15.8. The van der Waals surface area contributed by atoms with E-state index in [1.165, 1.54) is 116 Å². The molecule has 8 nitrogen and oxygen atoms in total. The van der Waals surface area contributed by atoms with E-state index in [-0.39, 0.29) is 12.1 Å². The van der Waals surface area contributed by atoms with Gasteiger partial charge in [0.05, 0.1) is 13.3 Å². The number of amides is 4. The number of urea groups is 2. The van der Waals surface area contributed by atoms with Gasteiger partial charge in [0.15, 0.2) is 0 Å². The highest BCUT2D eigenvalue weighted by atomic mass is 16.2. The molecule has 0 bridgehead atoms. The summed E-state index contributed by atoms with van der Waals surface area (Å²) in [4.78, 5) is 30.2. The maximum atomic E-state index is 12.7. The average molecular weight is 707 g/mol. The van der Waals surface area contributed by atoms with Crippen LogP contribution in [0.25, 0.3) is 0 Å². The van der Waals surface area contributed by atoms with Crippen LogP contribution >= 0.6 is 0 Å². The molecule has 0 heterocycles. The van der Waals surface area contributed by atoms with E-state index in [4.69, 9.17) is 0 Å². The molecule has 0 aliphatic rings. The summed E-state index contributed by atoms with van der Waals surface area (Å²) in [7, 11) is 0.